The van der Waals surface area contributed by atoms with Crippen molar-refractivity contribution in [3.8, 4) is 17.4 Å². The lowest BCUT2D eigenvalue weighted by Crippen LogP contribution is -1.80. The maximum absolute atomic E-state index is 9.64. The van der Waals surface area contributed by atoms with Gasteiger partial charge in [-0.1, -0.05) is 12.1 Å². The number of hydrogen-bond acceptors (Lipinski definition) is 6. The summed E-state index contributed by atoms with van der Waals surface area (Å²) in [5.74, 6) is 2.13. The van der Waals surface area contributed by atoms with E-state index in [1.165, 1.54) is 11.8 Å². The number of thioether (sulfide) groups is 1. The minimum Gasteiger partial charge on any atom is -0.507 e. The minimum absolute atomic E-state index is 0.248. The van der Waals surface area contributed by atoms with E-state index in [1.807, 2.05) is 12.1 Å². The molecule has 0 radical (unpaired) electrons. The minimum atomic E-state index is 0.248. The van der Waals surface area contributed by atoms with Crippen molar-refractivity contribution in [3.05, 3.63) is 48.6 Å². The molecule has 19 heavy (non-hydrogen) atoms. The molecule has 96 valence electrons. The maximum atomic E-state index is 9.64. The summed E-state index contributed by atoms with van der Waals surface area (Å²) in [5.41, 5.74) is 0. The van der Waals surface area contributed by atoms with Crippen LogP contribution >= 0.6 is 11.8 Å². The number of aromatic hydroxyl groups is 1. The van der Waals surface area contributed by atoms with Crippen molar-refractivity contribution in [3.63, 3.8) is 0 Å². The van der Waals surface area contributed by atoms with Crippen LogP contribution in [-0.4, -0.2) is 15.3 Å². The number of rotatable bonds is 4. The van der Waals surface area contributed by atoms with Gasteiger partial charge in [-0.05, 0) is 24.3 Å². The van der Waals surface area contributed by atoms with Crippen LogP contribution in [0.2, 0.25) is 0 Å². The van der Waals surface area contributed by atoms with Gasteiger partial charge in [-0.15, -0.1) is 22.0 Å². The molecule has 0 spiro atoms. The van der Waals surface area contributed by atoms with Crippen LogP contribution in [0.25, 0.3) is 11.7 Å². The van der Waals surface area contributed by atoms with E-state index in [0.717, 1.165) is 4.90 Å². The van der Waals surface area contributed by atoms with E-state index in [0.29, 0.717) is 23.3 Å². The van der Waals surface area contributed by atoms with Gasteiger partial charge in [-0.2, -0.15) is 0 Å². The van der Waals surface area contributed by atoms with Crippen LogP contribution in [-0.2, 0) is 5.75 Å². The highest BCUT2D eigenvalue weighted by molar-refractivity contribution is 7.98. The molecule has 1 aromatic carbocycles. The molecule has 6 heteroatoms. The molecule has 0 aliphatic carbocycles. The zero-order chi connectivity index (χ0) is 13.1. The van der Waals surface area contributed by atoms with Crippen molar-refractivity contribution < 1.29 is 13.9 Å². The molecule has 0 aliphatic heterocycles. The number of phenols is 1. The highest BCUT2D eigenvalue weighted by Crippen LogP contribution is 2.30. The summed E-state index contributed by atoms with van der Waals surface area (Å²) >= 11 is 1.43. The van der Waals surface area contributed by atoms with Crippen molar-refractivity contribution in [2.24, 2.45) is 0 Å². The van der Waals surface area contributed by atoms with Crippen molar-refractivity contribution in [2.75, 3.05) is 0 Å². The maximum Gasteiger partial charge on any atom is 0.283 e. The SMILES string of the molecule is Oc1ccccc1SCc1nnc(-c2ccco2)o1. The molecule has 0 unspecified atom stereocenters. The summed E-state index contributed by atoms with van der Waals surface area (Å²) in [6, 6.07) is 10.6. The van der Waals surface area contributed by atoms with Crippen molar-refractivity contribution in [2.45, 2.75) is 10.6 Å². The number of phenolic OH excluding ortho intramolecular Hbond substituents is 1. The fourth-order valence-electron chi connectivity index (χ4n) is 1.53. The number of nitrogens with zero attached hydrogens (tertiary/aromatic N) is 2. The average Bonchev–Trinajstić information content (AvgIpc) is 3.09. The van der Waals surface area contributed by atoms with Crippen LogP contribution in [0.3, 0.4) is 0 Å². The summed E-state index contributed by atoms with van der Waals surface area (Å²) < 4.78 is 10.6. The number of hydrogen-bond donors (Lipinski definition) is 1. The molecule has 3 aromatic rings. The van der Waals surface area contributed by atoms with Gasteiger partial charge in [-0.3, -0.25) is 0 Å². The molecule has 0 saturated heterocycles. The molecule has 2 aromatic heterocycles. The van der Waals surface area contributed by atoms with Crippen LogP contribution in [0.15, 0.2) is 56.4 Å². The lowest BCUT2D eigenvalue weighted by molar-refractivity contribution is 0.462. The lowest BCUT2D eigenvalue weighted by atomic mass is 10.3. The Morgan fingerprint density at radius 2 is 2.00 bits per heavy atom. The Morgan fingerprint density at radius 1 is 1.11 bits per heavy atom. The third kappa shape index (κ3) is 2.63. The van der Waals surface area contributed by atoms with Gasteiger partial charge >= 0.3 is 0 Å². The largest absolute Gasteiger partial charge is 0.507 e. The molecule has 0 saturated carbocycles. The van der Waals surface area contributed by atoms with Gasteiger partial charge in [-0.25, -0.2) is 0 Å². The Morgan fingerprint density at radius 3 is 2.79 bits per heavy atom. The third-order valence-electron chi connectivity index (χ3n) is 2.42. The van der Waals surface area contributed by atoms with Crippen LogP contribution < -0.4 is 0 Å². The number of aromatic nitrogens is 2. The fourth-order valence-corrected chi connectivity index (χ4v) is 2.32. The van der Waals surface area contributed by atoms with Gasteiger partial charge in [0, 0.05) is 4.90 Å². The van der Waals surface area contributed by atoms with E-state index in [9.17, 15) is 5.11 Å². The summed E-state index contributed by atoms with van der Waals surface area (Å²) in [4.78, 5) is 0.778. The smallest absolute Gasteiger partial charge is 0.283 e. The molecule has 0 aliphatic rings. The van der Waals surface area contributed by atoms with E-state index >= 15 is 0 Å². The zero-order valence-corrected chi connectivity index (χ0v) is 10.6. The first-order chi connectivity index (χ1) is 9.33. The third-order valence-corrected chi connectivity index (χ3v) is 3.46. The molecule has 0 atom stereocenters. The highest BCUT2D eigenvalue weighted by atomic mass is 32.2. The Kier molecular flexibility index (Phi) is 3.24. The van der Waals surface area contributed by atoms with E-state index in [-0.39, 0.29) is 5.75 Å². The number of furan rings is 1. The molecular formula is C13H10N2O3S. The first-order valence-electron chi connectivity index (χ1n) is 5.60. The monoisotopic (exact) mass is 274 g/mol. The Bertz CT molecular complexity index is 664. The molecular weight excluding hydrogens is 264 g/mol. The molecule has 0 bridgehead atoms. The first-order valence-corrected chi connectivity index (χ1v) is 6.58. The molecule has 3 rings (SSSR count). The molecule has 2 heterocycles. The summed E-state index contributed by atoms with van der Waals surface area (Å²) in [6.07, 6.45) is 1.55. The highest BCUT2D eigenvalue weighted by Gasteiger charge is 2.11. The van der Waals surface area contributed by atoms with Gasteiger partial charge in [0.25, 0.3) is 5.89 Å². The van der Waals surface area contributed by atoms with Gasteiger partial charge in [0.2, 0.25) is 5.89 Å². The predicted octanol–water partition coefficient (Wildman–Crippen LogP) is 3.33. The Balaban J connectivity index is 1.70. The van der Waals surface area contributed by atoms with E-state index in [1.54, 1.807) is 30.5 Å². The van der Waals surface area contributed by atoms with Crippen LogP contribution in [0.5, 0.6) is 5.75 Å². The van der Waals surface area contributed by atoms with E-state index in [2.05, 4.69) is 10.2 Å². The van der Waals surface area contributed by atoms with Crippen LogP contribution in [0, 0.1) is 0 Å². The predicted molar refractivity (Wildman–Crippen MR) is 69.7 cm³/mol. The molecule has 0 amide bonds. The van der Waals surface area contributed by atoms with Gasteiger partial charge in [0.05, 0.1) is 12.0 Å². The van der Waals surface area contributed by atoms with Gasteiger partial charge < -0.3 is 13.9 Å². The topological polar surface area (TPSA) is 72.3 Å². The number of benzene rings is 1. The average molecular weight is 274 g/mol. The molecule has 1 N–H and O–H groups in total. The second-order valence-corrected chi connectivity index (χ2v) is 4.75. The Labute approximate surface area is 113 Å². The van der Waals surface area contributed by atoms with Gasteiger partial charge in [0.1, 0.15) is 5.75 Å². The first kappa shape index (κ1) is 11.9. The summed E-state index contributed by atoms with van der Waals surface area (Å²) in [7, 11) is 0. The standard InChI is InChI=1S/C13H10N2O3S/c16-9-4-1-2-6-11(9)19-8-12-14-15-13(18-12)10-5-3-7-17-10/h1-7,16H,8H2. The molecule has 5 nitrogen and oxygen atoms in total. The van der Waals surface area contributed by atoms with Crippen molar-refractivity contribution >= 4 is 11.8 Å². The van der Waals surface area contributed by atoms with Crippen LogP contribution in [0.4, 0.5) is 0 Å². The van der Waals surface area contributed by atoms with E-state index < -0.39 is 0 Å². The Hall–Kier alpha value is -2.21. The van der Waals surface area contributed by atoms with E-state index in [4.69, 9.17) is 8.83 Å². The number of para-hydroxylation sites is 1. The van der Waals surface area contributed by atoms with Crippen LogP contribution in [0.1, 0.15) is 5.89 Å². The fraction of sp³-hybridized carbons (Fsp3) is 0.0769. The molecule has 0 fully saturated rings. The zero-order valence-electron chi connectivity index (χ0n) is 9.81. The van der Waals surface area contributed by atoms with Crippen molar-refractivity contribution in [1.82, 2.24) is 10.2 Å². The second kappa shape index (κ2) is 5.19. The normalized spacial score (nSPS) is 10.7. The lowest BCUT2D eigenvalue weighted by Gasteiger charge is -2.00. The second-order valence-electron chi connectivity index (χ2n) is 3.73. The van der Waals surface area contributed by atoms with Gasteiger partial charge in [0.15, 0.2) is 5.76 Å². The van der Waals surface area contributed by atoms with Crippen molar-refractivity contribution in [1.29, 1.82) is 0 Å². The quantitative estimate of drug-likeness (QED) is 0.736. The summed E-state index contributed by atoms with van der Waals surface area (Å²) in [5, 5.41) is 17.5. The summed E-state index contributed by atoms with van der Waals surface area (Å²) in [6.45, 7) is 0.